The average Bonchev–Trinajstić information content (AvgIpc) is 2.72. The SMILES string of the molecule is O=C(CC(SCc1ccccc1)SCc1ccccc1)c1ccccc1. The van der Waals surface area contributed by atoms with Gasteiger partial charge in [-0.2, -0.15) is 0 Å². The maximum absolute atomic E-state index is 12.7. The van der Waals surface area contributed by atoms with Gasteiger partial charge in [0.1, 0.15) is 0 Å². The topological polar surface area (TPSA) is 17.1 Å². The van der Waals surface area contributed by atoms with Crippen LogP contribution in [-0.2, 0) is 11.5 Å². The molecule has 3 aromatic carbocycles. The smallest absolute Gasteiger partial charge is 0.164 e. The standard InChI is InChI=1S/C23H22OS2/c24-22(21-14-8-3-9-15-21)16-23(25-17-19-10-4-1-5-11-19)26-18-20-12-6-2-7-13-20/h1-15,23H,16-18H2. The molecule has 0 saturated heterocycles. The molecule has 0 spiro atoms. The monoisotopic (exact) mass is 378 g/mol. The van der Waals surface area contributed by atoms with Crippen LogP contribution in [0.3, 0.4) is 0 Å². The van der Waals surface area contributed by atoms with Gasteiger partial charge >= 0.3 is 0 Å². The van der Waals surface area contributed by atoms with Crippen LogP contribution >= 0.6 is 23.5 Å². The van der Waals surface area contributed by atoms with Crippen LogP contribution in [0.25, 0.3) is 0 Å². The van der Waals surface area contributed by atoms with E-state index in [1.165, 1.54) is 11.1 Å². The zero-order valence-electron chi connectivity index (χ0n) is 14.6. The Morgan fingerprint density at radius 1 is 0.654 bits per heavy atom. The van der Waals surface area contributed by atoms with Crippen molar-refractivity contribution in [1.82, 2.24) is 0 Å². The Hall–Kier alpha value is -1.97. The van der Waals surface area contributed by atoms with Crippen molar-refractivity contribution in [3.05, 3.63) is 108 Å². The lowest BCUT2D eigenvalue weighted by Gasteiger charge is -2.16. The van der Waals surface area contributed by atoms with Crippen molar-refractivity contribution in [2.75, 3.05) is 0 Å². The molecule has 0 atom stereocenters. The first-order chi connectivity index (χ1) is 12.8. The summed E-state index contributed by atoms with van der Waals surface area (Å²) in [5.41, 5.74) is 3.41. The second-order valence-corrected chi connectivity index (χ2v) is 8.70. The highest BCUT2D eigenvalue weighted by Gasteiger charge is 2.16. The summed E-state index contributed by atoms with van der Waals surface area (Å²) in [5, 5.41) is 0. The lowest BCUT2D eigenvalue weighted by molar-refractivity contribution is 0.0987. The molecule has 1 nitrogen and oxygen atoms in total. The second kappa shape index (κ2) is 10.2. The molecule has 0 amide bonds. The Morgan fingerprint density at radius 3 is 1.54 bits per heavy atom. The van der Waals surface area contributed by atoms with E-state index in [1.807, 2.05) is 66.0 Å². The van der Waals surface area contributed by atoms with E-state index in [9.17, 15) is 4.79 Å². The van der Waals surface area contributed by atoms with Crippen LogP contribution < -0.4 is 0 Å². The molecule has 0 aliphatic carbocycles. The Morgan fingerprint density at radius 2 is 1.08 bits per heavy atom. The van der Waals surface area contributed by atoms with Gasteiger partial charge in [-0.3, -0.25) is 4.79 Å². The largest absolute Gasteiger partial charge is 0.294 e. The van der Waals surface area contributed by atoms with Crippen molar-refractivity contribution in [3.63, 3.8) is 0 Å². The Kier molecular flexibility index (Phi) is 7.41. The van der Waals surface area contributed by atoms with Gasteiger partial charge in [0.25, 0.3) is 0 Å². The van der Waals surface area contributed by atoms with Crippen LogP contribution in [0, 0.1) is 0 Å². The Bertz CT molecular complexity index is 745. The zero-order chi connectivity index (χ0) is 18.0. The maximum atomic E-state index is 12.7. The third-order valence-electron chi connectivity index (χ3n) is 4.01. The summed E-state index contributed by atoms with van der Waals surface area (Å²) >= 11 is 3.72. The average molecular weight is 379 g/mol. The fraction of sp³-hybridized carbons (Fsp3) is 0.174. The number of benzene rings is 3. The lowest BCUT2D eigenvalue weighted by atomic mass is 10.1. The lowest BCUT2D eigenvalue weighted by Crippen LogP contribution is -2.08. The van der Waals surface area contributed by atoms with Crippen molar-refractivity contribution in [1.29, 1.82) is 0 Å². The number of rotatable bonds is 9. The molecule has 0 N–H and O–H groups in total. The van der Waals surface area contributed by atoms with Crippen molar-refractivity contribution in [3.8, 4) is 0 Å². The minimum Gasteiger partial charge on any atom is -0.294 e. The number of hydrogen-bond acceptors (Lipinski definition) is 3. The first kappa shape index (κ1) is 18.8. The molecule has 132 valence electrons. The van der Waals surface area contributed by atoms with Crippen molar-refractivity contribution in [2.45, 2.75) is 22.5 Å². The van der Waals surface area contributed by atoms with E-state index in [1.54, 1.807) is 0 Å². The molecule has 0 bridgehead atoms. The predicted octanol–water partition coefficient (Wildman–Crippen LogP) is 6.45. The summed E-state index contributed by atoms with van der Waals surface area (Å²) < 4.78 is 0.239. The van der Waals surface area contributed by atoms with Crippen molar-refractivity contribution < 1.29 is 4.79 Å². The molecule has 26 heavy (non-hydrogen) atoms. The molecule has 0 heterocycles. The third-order valence-corrected chi connectivity index (χ3v) is 6.90. The molecule has 0 unspecified atom stereocenters. The number of Topliss-reactive ketones (excluding diaryl/α,β-unsaturated/α-hetero) is 1. The summed E-state index contributed by atoms with van der Waals surface area (Å²) in [6, 6.07) is 30.5. The van der Waals surface area contributed by atoms with Gasteiger partial charge in [-0.05, 0) is 11.1 Å². The number of ketones is 1. The number of hydrogen-bond donors (Lipinski definition) is 0. The molecule has 3 aromatic rings. The van der Waals surface area contributed by atoms with Crippen molar-refractivity contribution >= 4 is 29.3 Å². The number of thioether (sulfide) groups is 2. The summed E-state index contributed by atoms with van der Waals surface area (Å²) in [6.45, 7) is 0. The molecular formula is C23H22OS2. The summed E-state index contributed by atoms with van der Waals surface area (Å²) in [4.78, 5) is 12.7. The fourth-order valence-electron chi connectivity index (χ4n) is 2.59. The minimum atomic E-state index is 0.219. The van der Waals surface area contributed by atoms with Gasteiger partial charge in [0, 0.05) is 23.5 Å². The highest BCUT2D eigenvalue weighted by atomic mass is 32.2. The van der Waals surface area contributed by atoms with Crippen LogP contribution in [0.4, 0.5) is 0 Å². The molecule has 0 aliphatic rings. The van der Waals surface area contributed by atoms with Crippen LogP contribution in [0.5, 0.6) is 0 Å². The first-order valence-corrected chi connectivity index (χ1v) is 10.8. The van der Waals surface area contributed by atoms with E-state index < -0.39 is 0 Å². The van der Waals surface area contributed by atoms with Crippen LogP contribution in [-0.4, -0.2) is 10.4 Å². The highest BCUT2D eigenvalue weighted by Crippen LogP contribution is 2.33. The van der Waals surface area contributed by atoms with Crippen LogP contribution in [0.15, 0.2) is 91.0 Å². The minimum absolute atomic E-state index is 0.219. The molecule has 0 radical (unpaired) electrons. The molecule has 0 saturated carbocycles. The highest BCUT2D eigenvalue weighted by molar-refractivity contribution is 8.16. The Balaban J connectivity index is 1.63. The summed E-state index contributed by atoms with van der Waals surface area (Å²) in [7, 11) is 0. The molecule has 0 aliphatic heterocycles. The van der Waals surface area contributed by atoms with E-state index in [0.29, 0.717) is 6.42 Å². The van der Waals surface area contributed by atoms with E-state index in [4.69, 9.17) is 0 Å². The maximum Gasteiger partial charge on any atom is 0.164 e. The summed E-state index contributed by atoms with van der Waals surface area (Å²) in [5.74, 6) is 2.07. The summed E-state index contributed by atoms with van der Waals surface area (Å²) in [6.07, 6.45) is 0.555. The first-order valence-electron chi connectivity index (χ1n) is 8.70. The molecule has 3 heteroatoms. The van der Waals surface area contributed by atoms with E-state index >= 15 is 0 Å². The zero-order valence-corrected chi connectivity index (χ0v) is 16.2. The van der Waals surface area contributed by atoms with Gasteiger partial charge in [0.15, 0.2) is 5.78 Å². The van der Waals surface area contributed by atoms with Gasteiger partial charge in [0.2, 0.25) is 0 Å². The quantitative estimate of drug-likeness (QED) is 0.314. The molecule has 3 rings (SSSR count). The second-order valence-electron chi connectivity index (χ2n) is 6.02. The van der Waals surface area contributed by atoms with Crippen LogP contribution in [0.1, 0.15) is 27.9 Å². The van der Waals surface area contributed by atoms with Gasteiger partial charge in [-0.25, -0.2) is 0 Å². The van der Waals surface area contributed by atoms with Crippen molar-refractivity contribution in [2.24, 2.45) is 0 Å². The van der Waals surface area contributed by atoms with Gasteiger partial charge in [0.05, 0.1) is 4.58 Å². The number of carbonyl (C=O) groups is 1. The van der Waals surface area contributed by atoms with E-state index in [2.05, 4.69) is 48.5 Å². The predicted molar refractivity (Wildman–Crippen MR) is 115 cm³/mol. The molecular weight excluding hydrogens is 356 g/mol. The number of carbonyl (C=O) groups excluding carboxylic acids is 1. The normalized spacial score (nSPS) is 10.8. The van der Waals surface area contributed by atoms with E-state index in [-0.39, 0.29) is 10.4 Å². The van der Waals surface area contributed by atoms with E-state index in [0.717, 1.165) is 17.1 Å². The molecule has 0 aromatic heterocycles. The third kappa shape index (κ3) is 6.08. The fourth-order valence-corrected chi connectivity index (χ4v) is 5.06. The van der Waals surface area contributed by atoms with Gasteiger partial charge in [-0.1, -0.05) is 91.0 Å². The Labute approximate surface area is 164 Å². The van der Waals surface area contributed by atoms with Gasteiger partial charge < -0.3 is 0 Å². The molecule has 0 fully saturated rings. The van der Waals surface area contributed by atoms with Crippen LogP contribution in [0.2, 0.25) is 0 Å². The van der Waals surface area contributed by atoms with Gasteiger partial charge in [-0.15, -0.1) is 23.5 Å².